The number of fused-ring (bicyclic) bond motifs is 1. The van der Waals surface area contributed by atoms with Crippen LogP contribution in [-0.2, 0) is 16.0 Å². The third-order valence-electron chi connectivity index (χ3n) is 5.01. The number of ketones is 1. The van der Waals surface area contributed by atoms with E-state index in [0.29, 0.717) is 56.3 Å². The zero-order valence-corrected chi connectivity index (χ0v) is 18.2. The molecule has 3 rings (SSSR count). The molecule has 0 unspecified atom stereocenters. The van der Waals surface area contributed by atoms with Crippen molar-refractivity contribution >= 4 is 11.9 Å². The van der Waals surface area contributed by atoms with Gasteiger partial charge in [-0.2, -0.15) is 0 Å². The number of aromatic hydroxyl groups is 1. The van der Waals surface area contributed by atoms with E-state index in [1.165, 1.54) is 0 Å². The van der Waals surface area contributed by atoms with Gasteiger partial charge in [0.2, 0.25) is 5.78 Å². The first-order valence-electron chi connectivity index (χ1n) is 10.3. The summed E-state index contributed by atoms with van der Waals surface area (Å²) in [6, 6.07) is 10.6. The van der Waals surface area contributed by atoms with Crippen LogP contribution < -0.4 is 9.47 Å². The number of ether oxygens (including phenoxy) is 4. The molecule has 0 aliphatic carbocycles. The molecule has 0 radical (unpaired) electrons. The van der Waals surface area contributed by atoms with E-state index < -0.39 is 0 Å². The molecule has 0 saturated heterocycles. The maximum atomic E-state index is 12.9. The zero-order chi connectivity index (χ0) is 22.2. The van der Waals surface area contributed by atoms with Gasteiger partial charge in [-0.15, -0.1) is 0 Å². The SMILES string of the molecule is CCOc1ccc(/C=C2/Oc3c(ccc(O)c3CN(CCOC)CCOC)C2=O)cc1. The van der Waals surface area contributed by atoms with E-state index in [2.05, 4.69) is 4.90 Å². The minimum atomic E-state index is -0.203. The van der Waals surface area contributed by atoms with Gasteiger partial charge in [0.05, 0.1) is 30.9 Å². The van der Waals surface area contributed by atoms with E-state index in [1.54, 1.807) is 32.4 Å². The summed E-state index contributed by atoms with van der Waals surface area (Å²) in [7, 11) is 3.29. The van der Waals surface area contributed by atoms with E-state index in [1.807, 2.05) is 31.2 Å². The first-order chi connectivity index (χ1) is 15.1. The third kappa shape index (κ3) is 5.64. The zero-order valence-electron chi connectivity index (χ0n) is 18.2. The number of methoxy groups -OCH3 is 2. The molecular formula is C24H29NO6. The predicted octanol–water partition coefficient (Wildman–Crippen LogP) is 3.50. The summed E-state index contributed by atoms with van der Waals surface area (Å²) in [5, 5.41) is 10.5. The summed E-state index contributed by atoms with van der Waals surface area (Å²) < 4.78 is 21.8. The van der Waals surface area contributed by atoms with Crippen LogP contribution in [0.15, 0.2) is 42.2 Å². The van der Waals surface area contributed by atoms with Crippen LogP contribution in [-0.4, -0.2) is 62.9 Å². The monoisotopic (exact) mass is 427 g/mol. The van der Waals surface area contributed by atoms with Crippen molar-refractivity contribution in [2.24, 2.45) is 0 Å². The average Bonchev–Trinajstić information content (AvgIpc) is 3.08. The number of benzene rings is 2. The number of carbonyl (C=O) groups excluding carboxylic acids is 1. The van der Waals surface area contributed by atoms with Crippen LogP contribution >= 0.6 is 0 Å². The molecular weight excluding hydrogens is 398 g/mol. The molecule has 1 heterocycles. The minimum Gasteiger partial charge on any atom is -0.507 e. The van der Waals surface area contributed by atoms with Gasteiger partial charge in [0.1, 0.15) is 17.2 Å². The van der Waals surface area contributed by atoms with Crippen LogP contribution in [0.5, 0.6) is 17.2 Å². The summed E-state index contributed by atoms with van der Waals surface area (Å²) in [4.78, 5) is 15.0. The Labute approximate surface area is 182 Å². The first kappa shape index (κ1) is 22.8. The van der Waals surface area contributed by atoms with Crippen LogP contribution in [0, 0.1) is 0 Å². The molecule has 31 heavy (non-hydrogen) atoms. The maximum absolute atomic E-state index is 12.9. The fourth-order valence-corrected chi connectivity index (χ4v) is 3.36. The van der Waals surface area contributed by atoms with Crippen molar-refractivity contribution in [2.45, 2.75) is 13.5 Å². The van der Waals surface area contributed by atoms with Crippen molar-refractivity contribution in [1.29, 1.82) is 0 Å². The molecule has 1 aliphatic heterocycles. The Morgan fingerprint density at radius 1 is 1.03 bits per heavy atom. The van der Waals surface area contributed by atoms with E-state index in [4.69, 9.17) is 18.9 Å². The van der Waals surface area contributed by atoms with E-state index >= 15 is 0 Å². The summed E-state index contributed by atoms with van der Waals surface area (Å²) in [6.45, 7) is 5.33. The number of carbonyl (C=O) groups is 1. The second kappa shape index (κ2) is 10.9. The van der Waals surface area contributed by atoms with E-state index in [-0.39, 0.29) is 17.3 Å². The second-order valence-electron chi connectivity index (χ2n) is 7.14. The molecule has 0 saturated carbocycles. The molecule has 0 amide bonds. The minimum absolute atomic E-state index is 0.0914. The number of rotatable bonds is 11. The summed E-state index contributed by atoms with van der Waals surface area (Å²) >= 11 is 0. The number of phenolic OH excluding ortho intramolecular Hbond substituents is 1. The Hall–Kier alpha value is -2.87. The molecule has 0 spiro atoms. The average molecular weight is 427 g/mol. The van der Waals surface area contributed by atoms with Crippen molar-refractivity contribution < 1.29 is 28.8 Å². The molecule has 1 N–H and O–H groups in total. The largest absolute Gasteiger partial charge is 0.507 e. The van der Waals surface area contributed by atoms with Crippen LogP contribution in [0.1, 0.15) is 28.4 Å². The summed E-state index contributed by atoms with van der Waals surface area (Å²) in [6.07, 6.45) is 1.70. The smallest absolute Gasteiger partial charge is 0.231 e. The lowest BCUT2D eigenvalue weighted by Gasteiger charge is -2.23. The lowest BCUT2D eigenvalue weighted by Crippen LogP contribution is -2.30. The highest BCUT2D eigenvalue weighted by molar-refractivity contribution is 6.15. The molecule has 0 fully saturated rings. The highest BCUT2D eigenvalue weighted by atomic mass is 16.5. The van der Waals surface area contributed by atoms with Crippen molar-refractivity contribution in [3.05, 3.63) is 58.8 Å². The highest BCUT2D eigenvalue weighted by Crippen LogP contribution is 2.40. The molecule has 1 aliphatic rings. The summed E-state index contributed by atoms with van der Waals surface area (Å²) in [5.74, 6) is 1.29. The van der Waals surface area contributed by atoms with E-state index in [9.17, 15) is 9.90 Å². The Kier molecular flexibility index (Phi) is 8.06. The molecule has 2 aromatic carbocycles. The van der Waals surface area contributed by atoms with Crippen LogP contribution in [0.2, 0.25) is 0 Å². The molecule has 0 atom stereocenters. The van der Waals surface area contributed by atoms with Gasteiger partial charge in [-0.25, -0.2) is 0 Å². The second-order valence-corrected chi connectivity index (χ2v) is 7.14. The number of hydrogen-bond acceptors (Lipinski definition) is 7. The van der Waals surface area contributed by atoms with E-state index in [0.717, 1.165) is 11.3 Å². The van der Waals surface area contributed by atoms with Crippen LogP contribution in [0.3, 0.4) is 0 Å². The van der Waals surface area contributed by atoms with Crippen LogP contribution in [0.4, 0.5) is 0 Å². The van der Waals surface area contributed by atoms with Gasteiger partial charge < -0.3 is 24.1 Å². The molecule has 0 aromatic heterocycles. The molecule has 166 valence electrons. The van der Waals surface area contributed by atoms with Crippen molar-refractivity contribution in [3.8, 4) is 17.2 Å². The lowest BCUT2D eigenvalue weighted by molar-refractivity contribution is 0.101. The maximum Gasteiger partial charge on any atom is 0.231 e. The van der Waals surface area contributed by atoms with Crippen molar-refractivity contribution in [2.75, 3.05) is 47.1 Å². The Morgan fingerprint density at radius 3 is 2.32 bits per heavy atom. The van der Waals surface area contributed by atoms with Crippen molar-refractivity contribution in [3.63, 3.8) is 0 Å². The molecule has 2 aromatic rings. The lowest BCUT2D eigenvalue weighted by atomic mass is 10.0. The Bertz CT molecular complexity index is 914. The molecule has 7 heteroatoms. The predicted molar refractivity (Wildman–Crippen MR) is 118 cm³/mol. The first-order valence-corrected chi connectivity index (χ1v) is 10.3. The van der Waals surface area contributed by atoms with Gasteiger partial charge in [-0.1, -0.05) is 12.1 Å². The quantitative estimate of drug-likeness (QED) is 0.550. The highest BCUT2D eigenvalue weighted by Gasteiger charge is 2.31. The number of phenols is 1. The third-order valence-corrected chi connectivity index (χ3v) is 5.01. The number of nitrogens with zero attached hydrogens (tertiary/aromatic N) is 1. The van der Waals surface area contributed by atoms with Gasteiger partial charge in [0.15, 0.2) is 5.76 Å². The summed E-state index contributed by atoms with van der Waals surface area (Å²) in [5.41, 5.74) is 1.85. The standard InChI is InChI=1S/C24H29NO6/c1-4-30-18-7-5-17(6-8-18)15-22-23(27)19-9-10-21(26)20(24(19)31-22)16-25(11-13-28-2)12-14-29-3/h5-10,15,26H,4,11-14,16H2,1-3H3/b22-15+. The van der Waals surface area contributed by atoms with Gasteiger partial charge in [-0.3, -0.25) is 9.69 Å². The molecule has 0 bridgehead atoms. The molecule has 7 nitrogen and oxygen atoms in total. The van der Waals surface area contributed by atoms with Gasteiger partial charge in [0, 0.05) is 33.9 Å². The fourth-order valence-electron chi connectivity index (χ4n) is 3.36. The van der Waals surface area contributed by atoms with Crippen LogP contribution in [0.25, 0.3) is 6.08 Å². The van der Waals surface area contributed by atoms with Gasteiger partial charge in [-0.05, 0) is 42.8 Å². The van der Waals surface area contributed by atoms with Gasteiger partial charge in [0.25, 0.3) is 0 Å². The number of allylic oxidation sites excluding steroid dienone is 1. The normalized spacial score (nSPS) is 14.2. The van der Waals surface area contributed by atoms with Gasteiger partial charge >= 0.3 is 0 Å². The Morgan fingerprint density at radius 2 is 1.71 bits per heavy atom. The number of hydrogen-bond donors (Lipinski definition) is 1. The Balaban J connectivity index is 1.84. The fraction of sp³-hybridized carbons (Fsp3) is 0.375. The van der Waals surface area contributed by atoms with Crippen molar-refractivity contribution in [1.82, 2.24) is 4.90 Å². The topological polar surface area (TPSA) is 77.5 Å². The number of Topliss-reactive ketones (excluding diaryl/α,β-unsaturated/α-hetero) is 1.